The van der Waals surface area contributed by atoms with Gasteiger partial charge in [-0.1, -0.05) is 12.2 Å². The normalized spacial score (nSPS) is 10.6. The number of nitrogens with zero attached hydrogens (tertiary/aromatic N) is 1. The standard InChI is InChI=1S/C9H13BrN2O2S/c1-13-4-3-7-11-6(5-14-2)8(10)9(15)12-7/h3-5H2,1-2H3,(H,11,12,15). The van der Waals surface area contributed by atoms with Crippen LogP contribution in [0.4, 0.5) is 0 Å². The van der Waals surface area contributed by atoms with Crippen molar-refractivity contribution in [3.63, 3.8) is 0 Å². The van der Waals surface area contributed by atoms with Crippen molar-refractivity contribution in [1.29, 1.82) is 0 Å². The van der Waals surface area contributed by atoms with Gasteiger partial charge in [-0.05, 0) is 15.9 Å². The summed E-state index contributed by atoms with van der Waals surface area (Å²) in [6.45, 7) is 1.10. The van der Waals surface area contributed by atoms with Gasteiger partial charge in [-0.2, -0.15) is 0 Å². The Morgan fingerprint density at radius 3 is 2.73 bits per heavy atom. The molecule has 1 N–H and O–H groups in total. The van der Waals surface area contributed by atoms with Crippen molar-refractivity contribution in [3.05, 3.63) is 20.6 Å². The van der Waals surface area contributed by atoms with Gasteiger partial charge in [0, 0.05) is 20.6 Å². The Hall–Kier alpha value is -0.300. The Morgan fingerprint density at radius 1 is 1.40 bits per heavy atom. The molecule has 1 aromatic heterocycles. The van der Waals surface area contributed by atoms with Crippen LogP contribution in [-0.2, 0) is 22.5 Å². The molecule has 0 amide bonds. The van der Waals surface area contributed by atoms with Crippen molar-refractivity contribution < 1.29 is 9.47 Å². The third-order valence-electron chi connectivity index (χ3n) is 1.82. The van der Waals surface area contributed by atoms with Crippen LogP contribution in [0.1, 0.15) is 11.5 Å². The van der Waals surface area contributed by atoms with Gasteiger partial charge < -0.3 is 14.5 Å². The molecule has 0 aliphatic carbocycles. The summed E-state index contributed by atoms with van der Waals surface area (Å²) in [5, 5.41) is 0. The lowest BCUT2D eigenvalue weighted by atomic mass is 10.3. The molecule has 1 heterocycles. The van der Waals surface area contributed by atoms with E-state index in [4.69, 9.17) is 21.7 Å². The van der Waals surface area contributed by atoms with Crippen molar-refractivity contribution in [2.45, 2.75) is 13.0 Å². The molecule has 0 radical (unpaired) electrons. The van der Waals surface area contributed by atoms with Crippen LogP contribution in [0, 0.1) is 4.64 Å². The number of aromatic amines is 1. The summed E-state index contributed by atoms with van der Waals surface area (Å²) in [5.74, 6) is 0.817. The Bertz CT molecular complexity index is 381. The fraction of sp³-hybridized carbons (Fsp3) is 0.556. The van der Waals surface area contributed by atoms with Gasteiger partial charge in [-0.3, -0.25) is 0 Å². The van der Waals surface area contributed by atoms with Crippen LogP contribution in [0.5, 0.6) is 0 Å². The van der Waals surface area contributed by atoms with Gasteiger partial charge in [0.05, 0.1) is 23.4 Å². The minimum absolute atomic E-state index is 0.479. The van der Waals surface area contributed by atoms with Crippen molar-refractivity contribution in [2.75, 3.05) is 20.8 Å². The van der Waals surface area contributed by atoms with Crippen molar-refractivity contribution in [1.82, 2.24) is 9.97 Å². The molecule has 84 valence electrons. The van der Waals surface area contributed by atoms with E-state index >= 15 is 0 Å². The summed E-state index contributed by atoms with van der Waals surface area (Å²) in [6.07, 6.45) is 0.712. The summed E-state index contributed by atoms with van der Waals surface area (Å²) >= 11 is 8.49. The fourth-order valence-corrected chi connectivity index (χ4v) is 1.65. The molecule has 1 rings (SSSR count). The van der Waals surface area contributed by atoms with Crippen LogP contribution in [0.25, 0.3) is 0 Å². The average Bonchev–Trinajstić information content (AvgIpc) is 2.22. The van der Waals surface area contributed by atoms with Gasteiger partial charge in [-0.15, -0.1) is 0 Å². The maximum atomic E-state index is 5.12. The lowest BCUT2D eigenvalue weighted by Gasteiger charge is -2.07. The zero-order valence-electron chi connectivity index (χ0n) is 8.67. The number of nitrogens with one attached hydrogen (secondary N) is 1. The first-order chi connectivity index (χ1) is 7.19. The highest BCUT2D eigenvalue weighted by Crippen LogP contribution is 2.16. The van der Waals surface area contributed by atoms with E-state index in [0.29, 0.717) is 24.3 Å². The monoisotopic (exact) mass is 292 g/mol. The largest absolute Gasteiger partial charge is 0.384 e. The number of methoxy groups -OCH3 is 2. The van der Waals surface area contributed by atoms with E-state index in [9.17, 15) is 0 Å². The second-order valence-electron chi connectivity index (χ2n) is 2.96. The Kier molecular flexibility index (Phi) is 5.38. The van der Waals surface area contributed by atoms with E-state index in [0.717, 1.165) is 16.0 Å². The molecule has 0 saturated heterocycles. The molecule has 6 heteroatoms. The third-order valence-corrected chi connectivity index (χ3v) is 3.23. The smallest absolute Gasteiger partial charge is 0.144 e. The van der Waals surface area contributed by atoms with Crippen LogP contribution in [0.15, 0.2) is 4.47 Å². The van der Waals surface area contributed by atoms with Crippen LogP contribution < -0.4 is 0 Å². The second kappa shape index (κ2) is 6.32. The first-order valence-corrected chi connectivity index (χ1v) is 5.64. The minimum atomic E-state index is 0.479. The molecule has 4 nitrogen and oxygen atoms in total. The summed E-state index contributed by atoms with van der Waals surface area (Å²) in [4.78, 5) is 7.39. The molecule has 0 aliphatic rings. The van der Waals surface area contributed by atoms with Gasteiger partial charge >= 0.3 is 0 Å². The molecule has 0 spiro atoms. The maximum absolute atomic E-state index is 5.12. The minimum Gasteiger partial charge on any atom is -0.384 e. The molecule has 0 saturated carbocycles. The Balaban J connectivity index is 2.95. The second-order valence-corrected chi connectivity index (χ2v) is 4.14. The zero-order chi connectivity index (χ0) is 11.3. The highest BCUT2D eigenvalue weighted by molar-refractivity contribution is 9.10. The summed E-state index contributed by atoms with van der Waals surface area (Å²) in [7, 11) is 3.29. The van der Waals surface area contributed by atoms with E-state index in [1.165, 1.54) is 0 Å². The molecular weight excluding hydrogens is 280 g/mol. The molecular formula is C9H13BrN2O2S. The molecule has 0 aromatic carbocycles. The number of hydrogen-bond acceptors (Lipinski definition) is 4. The molecule has 0 unspecified atom stereocenters. The van der Waals surface area contributed by atoms with Crippen LogP contribution in [0.2, 0.25) is 0 Å². The lowest BCUT2D eigenvalue weighted by molar-refractivity contribution is 0.179. The Labute approximate surface area is 102 Å². The number of hydrogen-bond donors (Lipinski definition) is 1. The lowest BCUT2D eigenvalue weighted by Crippen LogP contribution is -2.05. The predicted molar refractivity (Wildman–Crippen MR) is 63.4 cm³/mol. The van der Waals surface area contributed by atoms with Gasteiger partial charge in [0.25, 0.3) is 0 Å². The number of ether oxygens (including phenoxy) is 2. The van der Waals surface area contributed by atoms with E-state index in [-0.39, 0.29) is 0 Å². The Morgan fingerprint density at radius 2 is 2.13 bits per heavy atom. The fourth-order valence-electron chi connectivity index (χ4n) is 1.12. The summed E-state index contributed by atoms with van der Waals surface area (Å²) in [5.41, 5.74) is 0.906. The van der Waals surface area contributed by atoms with Crippen molar-refractivity contribution in [3.8, 4) is 0 Å². The quantitative estimate of drug-likeness (QED) is 0.846. The van der Waals surface area contributed by atoms with E-state index in [1.54, 1.807) is 14.2 Å². The zero-order valence-corrected chi connectivity index (χ0v) is 11.1. The van der Waals surface area contributed by atoms with Gasteiger partial charge in [0.15, 0.2) is 0 Å². The molecule has 0 atom stereocenters. The highest BCUT2D eigenvalue weighted by Gasteiger charge is 2.05. The van der Waals surface area contributed by atoms with Crippen LogP contribution in [0.3, 0.4) is 0 Å². The molecule has 0 bridgehead atoms. The number of aromatic nitrogens is 2. The number of H-pyrrole nitrogens is 1. The molecule has 15 heavy (non-hydrogen) atoms. The van der Waals surface area contributed by atoms with E-state index < -0.39 is 0 Å². The number of halogens is 1. The predicted octanol–water partition coefficient (Wildman–Crippen LogP) is 2.24. The summed E-state index contributed by atoms with van der Waals surface area (Å²) < 4.78 is 11.4. The third kappa shape index (κ3) is 3.64. The summed E-state index contributed by atoms with van der Waals surface area (Å²) in [6, 6.07) is 0. The van der Waals surface area contributed by atoms with E-state index in [1.807, 2.05) is 0 Å². The van der Waals surface area contributed by atoms with Gasteiger partial charge in [0.2, 0.25) is 0 Å². The topological polar surface area (TPSA) is 47.1 Å². The maximum Gasteiger partial charge on any atom is 0.144 e. The molecule has 0 fully saturated rings. The van der Waals surface area contributed by atoms with Gasteiger partial charge in [0.1, 0.15) is 10.5 Å². The first-order valence-electron chi connectivity index (χ1n) is 4.44. The van der Waals surface area contributed by atoms with Crippen molar-refractivity contribution in [2.24, 2.45) is 0 Å². The van der Waals surface area contributed by atoms with E-state index in [2.05, 4.69) is 25.9 Å². The molecule has 0 aliphatic heterocycles. The first kappa shape index (κ1) is 12.8. The number of rotatable bonds is 5. The van der Waals surface area contributed by atoms with Crippen LogP contribution in [-0.4, -0.2) is 30.8 Å². The van der Waals surface area contributed by atoms with Crippen molar-refractivity contribution >= 4 is 28.1 Å². The van der Waals surface area contributed by atoms with Gasteiger partial charge in [-0.25, -0.2) is 4.98 Å². The molecule has 1 aromatic rings. The SMILES string of the molecule is COCCc1nc(=S)c(Br)c(COC)[nH]1. The highest BCUT2D eigenvalue weighted by atomic mass is 79.9. The average molecular weight is 293 g/mol. The van der Waals surface area contributed by atoms with Crippen LogP contribution >= 0.6 is 28.1 Å².